The Balaban J connectivity index is 2.62. The predicted molar refractivity (Wildman–Crippen MR) is 62.1 cm³/mol. The van der Waals surface area contributed by atoms with E-state index in [2.05, 4.69) is 5.92 Å². The van der Waals surface area contributed by atoms with Crippen LogP contribution in [0.2, 0.25) is 0 Å². The van der Waals surface area contributed by atoms with Crippen LogP contribution < -0.4 is 5.73 Å². The van der Waals surface area contributed by atoms with Crippen LogP contribution >= 0.6 is 11.3 Å². The second-order valence-electron chi connectivity index (χ2n) is 2.89. The van der Waals surface area contributed by atoms with Crippen LogP contribution in [0.1, 0.15) is 5.56 Å². The van der Waals surface area contributed by atoms with Gasteiger partial charge < -0.3 is 5.73 Å². The zero-order chi connectivity index (χ0) is 9.97. The number of hydrogen-bond donors (Lipinski definition) is 1. The van der Waals surface area contributed by atoms with E-state index in [1.807, 2.05) is 35.7 Å². The zero-order valence-corrected chi connectivity index (χ0v) is 8.34. The summed E-state index contributed by atoms with van der Waals surface area (Å²) in [4.78, 5) is 1.07. The topological polar surface area (TPSA) is 26.0 Å². The van der Waals surface area contributed by atoms with Crippen LogP contribution in [-0.4, -0.2) is 0 Å². The minimum absolute atomic E-state index is 0.770. The van der Waals surface area contributed by atoms with Gasteiger partial charge in [0.25, 0.3) is 0 Å². The van der Waals surface area contributed by atoms with Gasteiger partial charge in [-0.2, -0.15) is 0 Å². The molecule has 0 spiro atoms. The summed E-state index contributed by atoms with van der Waals surface area (Å²) in [5.41, 5.74) is 8.58. The lowest BCUT2D eigenvalue weighted by Gasteiger charge is -2.02. The van der Waals surface area contributed by atoms with Crippen molar-refractivity contribution in [1.82, 2.24) is 0 Å². The van der Waals surface area contributed by atoms with Crippen LogP contribution in [-0.2, 0) is 0 Å². The summed E-state index contributed by atoms with van der Waals surface area (Å²) in [5.74, 6) is 2.66. The van der Waals surface area contributed by atoms with Crippen molar-refractivity contribution in [3.05, 3.63) is 41.3 Å². The van der Waals surface area contributed by atoms with Crippen LogP contribution in [0.3, 0.4) is 0 Å². The van der Waals surface area contributed by atoms with Gasteiger partial charge in [-0.15, -0.1) is 17.8 Å². The first-order chi connectivity index (χ1) is 6.83. The maximum atomic E-state index is 5.87. The Bertz CT molecular complexity index is 491. The van der Waals surface area contributed by atoms with Gasteiger partial charge in [-0.3, -0.25) is 0 Å². The van der Waals surface area contributed by atoms with E-state index in [1.54, 1.807) is 11.3 Å². The van der Waals surface area contributed by atoms with E-state index in [9.17, 15) is 0 Å². The van der Waals surface area contributed by atoms with Gasteiger partial charge in [0.2, 0.25) is 0 Å². The van der Waals surface area contributed by atoms with Crippen molar-refractivity contribution in [2.45, 2.75) is 0 Å². The highest BCUT2D eigenvalue weighted by Gasteiger charge is 2.06. The maximum Gasteiger partial charge on any atom is 0.0519 e. The number of anilines is 1. The van der Waals surface area contributed by atoms with Crippen molar-refractivity contribution in [2.24, 2.45) is 0 Å². The molecule has 0 unspecified atom stereocenters. The molecule has 0 atom stereocenters. The van der Waals surface area contributed by atoms with Crippen molar-refractivity contribution in [2.75, 3.05) is 5.73 Å². The Morgan fingerprint density at radius 2 is 2.00 bits per heavy atom. The minimum atomic E-state index is 0.770. The summed E-state index contributed by atoms with van der Waals surface area (Å²) in [6, 6.07) is 9.69. The lowest BCUT2D eigenvalue weighted by atomic mass is 10.1. The monoisotopic (exact) mass is 199 g/mol. The Kier molecular flexibility index (Phi) is 2.26. The van der Waals surface area contributed by atoms with E-state index < -0.39 is 0 Å². The lowest BCUT2D eigenvalue weighted by Crippen LogP contribution is -1.88. The smallest absolute Gasteiger partial charge is 0.0519 e. The molecule has 0 amide bonds. The number of para-hydroxylation sites is 1. The molecule has 1 aromatic heterocycles. The quantitative estimate of drug-likeness (QED) is 0.554. The predicted octanol–water partition coefficient (Wildman–Crippen LogP) is 2.98. The highest BCUT2D eigenvalue weighted by Crippen LogP contribution is 2.32. The van der Waals surface area contributed by atoms with Gasteiger partial charge in [0.1, 0.15) is 0 Å². The molecule has 2 N–H and O–H groups in total. The molecule has 1 nitrogen and oxygen atoms in total. The molecule has 1 heterocycles. The summed E-state index contributed by atoms with van der Waals surface area (Å²) in [7, 11) is 0. The Hall–Kier alpha value is -1.72. The third kappa shape index (κ3) is 1.39. The summed E-state index contributed by atoms with van der Waals surface area (Å²) in [6.07, 6.45) is 5.40. The first-order valence-electron chi connectivity index (χ1n) is 4.22. The van der Waals surface area contributed by atoms with Crippen LogP contribution in [0.15, 0.2) is 35.7 Å². The molecule has 2 aromatic rings. The highest BCUT2D eigenvalue weighted by molar-refractivity contribution is 7.13. The zero-order valence-electron chi connectivity index (χ0n) is 7.53. The molecule has 0 aliphatic heterocycles. The van der Waals surface area contributed by atoms with Gasteiger partial charge in [-0.05, 0) is 17.5 Å². The molecule has 0 bridgehead atoms. The fourth-order valence-electron chi connectivity index (χ4n) is 1.34. The standard InChI is InChI=1S/C12H9NS/c1-2-9-7-8-14-12(9)10-5-3-4-6-11(10)13/h1,3-8H,13H2. The first kappa shape index (κ1) is 8.86. The third-order valence-electron chi connectivity index (χ3n) is 2.03. The second kappa shape index (κ2) is 3.57. The van der Waals surface area contributed by atoms with E-state index in [1.165, 1.54) is 0 Å². The van der Waals surface area contributed by atoms with Gasteiger partial charge >= 0.3 is 0 Å². The molecule has 2 rings (SSSR count). The van der Waals surface area contributed by atoms with Crippen LogP contribution in [0.25, 0.3) is 10.4 Å². The number of rotatable bonds is 1. The van der Waals surface area contributed by atoms with E-state index >= 15 is 0 Å². The van der Waals surface area contributed by atoms with Crippen molar-refractivity contribution in [3.63, 3.8) is 0 Å². The minimum Gasteiger partial charge on any atom is -0.398 e. The molecule has 0 aliphatic rings. The van der Waals surface area contributed by atoms with Gasteiger partial charge in [0.15, 0.2) is 0 Å². The van der Waals surface area contributed by atoms with Crippen LogP contribution in [0, 0.1) is 12.3 Å². The summed E-state index contributed by atoms with van der Waals surface area (Å²) < 4.78 is 0. The SMILES string of the molecule is C#Cc1ccsc1-c1ccccc1N. The summed E-state index contributed by atoms with van der Waals surface area (Å²) >= 11 is 1.62. The van der Waals surface area contributed by atoms with Crippen LogP contribution in [0.4, 0.5) is 5.69 Å². The molecule has 14 heavy (non-hydrogen) atoms. The van der Waals surface area contributed by atoms with E-state index in [-0.39, 0.29) is 0 Å². The number of nitrogen functional groups attached to an aromatic ring is 1. The Morgan fingerprint density at radius 3 is 2.71 bits per heavy atom. The highest BCUT2D eigenvalue weighted by atomic mass is 32.1. The largest absolute Gasteiger partial charge is 0.398 e. The lowest BCUT2D eigenvalue weighted by molar-refractivity contribution is 1.66. The summed E-state index contributed by atoms with van der Waals surface area (Å²) in [6.45, 7) is 0. The maximum absolute atomic E-state index is 5.87. The number of nitrogens with two attached hydrogens (primary N) is 1. The average Bonchev–Trinajstić information content (AvgIpc) is 2.66. The van der Waals surface area contributed by atoms with Gasteiger partial charge in [-0.1, -0.05) is 24.1 Å². The Morgan fingerprint density at radius 1 is 1.21 bits per heavy atom. The van der Waals surface area contributed by atoms with Gasteiger partial charge in [-0.25, -0.2) is 0 Å². The molecule has 0 saturated carbocycles. The molecule has 0 radical (unpaired) electrons. The molecular weight excluding hydrogens is 190 g/mol. The number of thiophene rings is 1. The number of benzene rings is 1. The first-order valence-corrected chi connectivity index (χ1v) is 5.10. The van der Waals surface area contributed by atoms with Crippen molar-refractivity contribution in [3.8, 4) is 22.8 Å². The van der Waals surface area contributed by atoms with Gasteiger partial charge in [0, 0.05) is 16.8 Å². The van der Waals surface area contributed by atoms with Crippen molar-refractivity contribution in [1.29, 1.82) is 0 Å². The molecule has 68 valence electrons. The van der Waals surface area contributed by atoms with E-state index in [0.717, 1.165) is 21.7 Å². The fraction of sp³-hybridized carbons (Fsp3) is 0. The number of hydrogen-bond acceptors (Lipinski definition) is 2. The van der Waals surface area contributed by atoms with Crippen molar-refractivity contribution >= 4 is 17.0 Å². The fourth-order valence-corrected chi connectivity index (χ4v) is 2.24. The summed E-state index contributed by atoms with van der Waals surface area (Å²) in [5, 5.41) is 1.98. The molecule has 0 fully saturated rings. The molecule has 2 heteroatoms. The Labute approximate surface area is 87.2 Å². The number of terminal acetylenes is 1. The van der Waals surface area contributed by atoms with Crippen molar-refractivity contribution < 1.29 is 0 Å². The third-order valence-corrected chi connectivity index (χ3v) is 2.97. The van der Waals surface area contributed by atoms with Crippen LogP contribution in [0.5, 0.6) is 0 Å². The van der Waals surface area contributed by atoms with E-state index in [4.69, 9.17) is 12.2 Å². The molecule has 0 saturated heterocycles. The molecule has 0 aliphatic carbocycles. The second-order valence-corrected chi connectivity index (χ2v) is 3.81. The molecular formula is C12H9NS. The van der Waals surface area contributed by atoms with E-state index in [0.29, 0.717) is 0 Å². The van der Waals surface area contributed by atoms with Gasteiger partial charge in [0.05, 0.1) is 4.88 Å². The average molecular weight is 199 g/mol. The molecule has 1 aromatic carbocycles. The normalized spacial score (nSPS) is 9.64.